The molecule has 0 spiro atoms. The molecule has 0 unspecified atom stereocenters. The standard InChI is InChI=1S/C18H36N4O/c1-15(2)22(16(3)4)12-6-10-20-18(19-5)21-11-7-17-8-13-23-14-9-17/h8,15-16H,6-7,9-14H2,1-5H3,(H2,19,20,21). The van der Waals surface area contributed by atoms with E-state index in [-0.39, 0.29) is 0 Å². The van der Waals surface area contributed by atoms with Gasteiger partial charge in [-0.15, -0.1) is 0 Å². The third-order valence-corrected chi connectivity index (χ3v) is 4.23. The molecule has 5 heteroatoms. The minimum absolute atomic E-state index is 0.597. The Kier molecular flexibility index (Phi) is 9.96. The van der Waals surface area contributed by atoms with Crippen LogP contribution in [0, 0.1) is 0 Å². The van der Waals surface area contributed by atoms with Gasteiger partial charge in [-0.05, 0) is 47.0 Å². The second-order valence-electron chi connectivity index (χ2n) is 6.64. The van der Waals surface area contributed by atoms with E-state index < -0.39 is 0 Å². The highest BCUT2D eigenvalue weighted by atomic mass is 16.5. The first-order valence-corrected chi connectivity index (χ1v) is 9.00. The molecule has 0 aromatic carbocycles. The molecule has 0 atom stereocenters. The molecular weight excluding hydrogens is 288 g/mol. The third kappa shape index (κ3) is 8.37. The van der Waals surface area contributed by atoms with Crippen molar-refractivity contribution in [3.8, 4) is 0 Å². The van der Waals surface area contributed by atoms with Gasteiger partial charge in [-0.3, -0.25) is 9.89 Å². The van der Waals surface area contributed by atoms with Crippen LogP contribution in [0.1, 0.15) is 47.0 Å². The SMILES string of the molecule is CN=C(NCCCN(C(C)C)C(C)C)NCCC1=CCOCC1. The van der Waals surface area contributed by atoms with Crippen LogP contribution < -0.4 is 10.6 Å². The van der Waals surface area contributed by atoms with Crippen LogP contribution in [0.5, 0.6) is 0 Å². The first-order valence-electron chi connectivity index (χ1n) is 9.00. The molecule has 0 amide bonds. The fraction of sp³-hybridized carbons (Fsp3) is 0.833. The second-order valence-corrected chi connectivity index (χ2v) is 6.64. The van der Waals surface area contributed by atoms with E-state index in [0.717, 1.165) is 58.1 Å². The van der Waals surface area contributed by atoms with E-state index in [1.54, 1.807) is 0 Å². The molecule has 23 heavy (non-hydrogen) atoms. The Bertz CT molecular complexity index is 369. The molecule has 1 aliphatic heterocycles. The average molecular weight is 325 g/mol. The van der Waals surface area contributed by atoms with E-state index >= 15 is 0 Å². The summed E-state index contributed by atoms with van der Waals surface area (Å²) in [5.74, 6) is 0.901. The lowest BCUT2D eigenvalue weighted by Crippen LogP contribution is -2.41. The van der Waals surface area contributed by atoms with Gasteiger partial charge in [0.1, 0.15) is 0 Å². The Balaban J connectivity index is 2.17. The Morgan fingerprint density at radius 3 is 2.48 bits per heavy atom. The summed E-state index contributed by atoms with van der Waals surface area (Å²) < 4.78 is 5.33. The monoisotopic (exact) mass is 324 g/mol. The highest BCUT2D eigenvalue weighted by Crippen LogP contribution is 2.10. The van der Waals surface area contributed by atoms with Gasteiger partial charge in [0.25, 0.3) is 0 Å². The number of aliphatic imine (C=N–C) groups is 1. The van der Waals surface area contributed by atoms with Gasteiger partial charge < -0.3 is 15.4 Å². The number of hydrogen-bond donors (Lipinski definition) is 2. The number of nitrogens with one attached hydrogen (secondary N) is 2. The van der Waals surface area contributed by atoms with E-state index in [1.165, 1.54) is 5.57 Å². The zero-order valence-corrected chi connectivity index (χ0v) is 15.7. The minimum Gasteiger partial charge on any atom is -0.377 e. The lowest BCUT2D eigenvalue weighted by Gasteiger charge is -2.30. The summed E-state index contributed by atoms with van der Waals surface area (Å²) in [6.07, 6.45) is 5.46. The van der Waals surface area contributed by atoms with E-state index in [4.69, 9.17) is 4.74 Å². The van der Waals surface area contributed by atoms with Crippen LogP contribution in [0.25, 0.3) is 0 Å². The average Bonchev–Trinajstić information content (AvgIpc) is 2.53. The molecule has 5 nitrogen and oxygen atoms in total. The number of nitrogens with zero attached hydrogens (tertiary/aromatic N) is 2. The van der Waals surface area contributed by atoms with Crippen LogP contribution in [-0.4, -0.2) is 62.8 Å². The quantitative estimate of drug-likeness (QED) is 0.296. The predicted molar refractivity (Wildman–Crippen MR) is 99.1 cm³/mol. The molecule has 0 aromatic rings. The summed E-state index contributed by atoms with van der Waals surface area (Å²) in [5, 5.41) is 6.80. The zero-order valence-electron chi connectivity index (χ0n) is 15.7. The van der Waals surface area contributed by atoms with Gasteiger partial charge in [-0.25, -0.2) is 0 Å². The Hall–Kier alpha value is -1.07. The van der Waals surface area contributed by atoms with Crippen LogP contribution in [0.3, 0.4) is 0 Å². The van der Waals surface area contributed by atoms with E-state index in [9.17, 15) is 0 Å². The van der Waals surface area contributed by atoms with Crippen LogP contribution in [-0.2, 0) is 4.74 Å². The lowest BCUT2D eigenvalue weighted by molar-refractivity contribution is 0.153. The van der Waals surface area contributed by atoms with Crippen molar-refractivity contribution < 1.29 is 4.74 Å². The molecule has 134 valence electrons. The molecule has 1 aliphatic rings. The molecule has 0 saturated carbocycles. The van der Waals surface area contributed by atoms with E-state index in [2.05, 4.69) is 54.3 Å². The third-order valence-electron chi connectivity index (χ3n) is 4.23. The zero-order chi connectivity index (χ0) is 17.1. The fourth-order valence-electron chi connectivity index (χ4n) is 2.94. The van der Waals surface area contributed by atoms with Crippen molar-refractivity contribution in [2.24, 2.45) is 4.99 Å². The summed E-state index contributed by atoms with van der Waals surface area (Å²) in [7, 11) is 1.83. The summed E-state index contributed by atoms with van der Waals surface area (Å²) in [6, 6.07) is 1.19. The Labute approximate surface area is 142 Å². The number of rotatable bonds is 9. The normalized spacial score (nSPS) is 16.2. The summed E-state index contributed by atoms with van der Waals surface area (Å²) in [5.41, 5.74) is 1.49. The lowest BCUT2D eigenvalue weighted by atomic mass is 10.1. The first-order chi connectivity index (χ1) is 11.0. The highest BCUT2D eigenvalue weighted by molar-refractivity contribution is 5.79. The topological polar surface area (TPSA) is 48.9 Å². The van der Waals surface area contributed by atoms with Crippen molar-refractivity contribution in [2.75, 3.05) is 39.9 Å². The van der Waals surface area contributed by atoms with Gasteiger partial charge >= 0.3 is 0 Å². The van der Waals surface area contributed by atoms with Crippen molar-refractivity contribution in [3.63, 3.8) is 0 Å². The number of ether oxygens (including phenoxy) is 1. The number of hydrogen-bond acceptors (Lipinski definition) is 3. The van der Waals surface area contributed by atoms with Crippen molar-refractivity contribution in [1.29, 1.82) is 0 Å². The molecule has 1 rings (SSSR count). The highest BCUT2D eigenvalue weighted by Gasteiger charge is 2.12. The maximum Gasteiger partial charge on any atom is 0.190 e. The maximum atomic E-state index is 5.33. The second kappa shape index (κ2) is 11.5. The summed E-state index contributed by atoms with van der Waals surface area (Å²) in [4.78, 5) is 6.82. The van der Waals surface area contributed by atoms with E-state index in [1.807, 2.05) is 7.05 Å². The van der Waals surface area contributed by atoms with Crippen LogP contribution in [0.2, 0.25) is 0 Å². The van der Waals surface area contributed by atoms with Gasteiger partial charge in [0.05, 0.1) is 13.2 Å². The molecule has 0 aliphatic carbocycles. The predicted octanol–water partition coefficient (Wildman–Crippen LogP) is 2.40. The van der Waals surface area contributed by atoms with Crippen molar-refractivity contribution in [1.82, 2.24) is 15.5 Å². The van der Waals surface area contributed by atoms with Crippen molar-refractivity contribution in [3.05, 3.63) is 11.6 Å². The Morgan fingerprint density at radius 2 is 1.91 bits per heavy atom. The maximum absolute atomic E-state index is 5.33. The van der Waals surface area contributed by atoms with Gasteiger partial charge in [0.15, 0.2) is 5.96 Å². The van der Waals surface area contributed by atoms with Gasteiger partial charge in [-0.1, -0.05) is 11.6 Å². The van der Waals surface area contributed by atoms with Gasteiger partial charge in [0.2, 0.25) is 0 Å². The molecule has 0 aromatic heterocycles. The molecule has 2 N–H and O–H groups in total. The fourth-order valence-corrected chi connectivity index (χ4v) is 2.94. The van der Waals surface area contributed by atoms with E-state index in [0.29, 0.717) is 12.1 Å². The summed E-state index contributed by atoms with van der Waals surface area (Å²) >= 11 is 0. The van der Waals surface area contributed by atoms with Crippen molar-refractivity contribution in [2.45, 2.75) is 59.0 Å². The molecule has 1 heterocycles. The van der Waals surface area contributed by atoms with Crippen LogP contribution in [0.15, 0.2) is 16.6 Å². The molecule has 0 radical (unpaired) electrons. The smallest absolute Gasteiger partial charge is 0.190 e. The minimum atomic E-state index is 0.597. The largest absolute Gasteiger partial charge is 0.377 e. The molecule has 0 fully saturated rings. The summed E-state index contributed by atoms with van der Waals surface area (Å²) in [6.45, 7) is 13.7. The molecular formula is C18H36N4O. The van der Waals surface area contributed by atoms with Crippen molar-refractivity contribution >= 4 is 5.96 Å². The molecule has 0 bridgehead atoms. The number of guanidine groups is 1. The molecule has 0 saturated heterocycles. The van der Waals surface area contributed by atoms with Crippen LogP contribution in [0.4, 0.5) is 0 Å². The van der Waals surface area contributed by atoms with Gasteiger partial charge in [-0.2, -0.15) is 0 Å². The van der Waals surface area contributed by atoms with Gasteiger partial charge in [0, 0.05) is 38.8 Å². The Morgan fingerprint density at radius 1 is 1.22 bits per heavy atom. The first kappa shape index (κ1) is 20.0. The van der Waals surface area contributed by atoms with Crippen LogP contribution >= 0.6 is 0 Å².